The molecule has 1 atom stereocenters. The third kappa shape index (κ3) is 3.07. The quantitative estimate of drug-likeness (QED) is 0.877. The van der Waals surface area contributed by atoms with Crippen LogP contribution in [0, 0.1) is 13.8 Å². The Kier molecular flexibility index (Phi) is 4.54. The molecule has 2 rings (SSSR count). The Morgan fingerprint density at radius 3 is 2.75 bits per heavy atom. The van der Waals surface area contributed by atoms with E-state index >= 15 is 0 Å². The zero-order chi connectivity index (χ0) is 14.7. The van der Waals surface area contributed by atoms with Crippen molar-refractivity contribution in [1.29, 1.82) is 0 Å². The van der Waals surface area contributed by atoms with Crippen molar-refractivity contribution in [2.75, 3.05) is 18.5 Å². The highest BCUT2D eigenvalue weighted by molar-refractivity contribution is 5.89. The van der Waals surface area contributed by atoms with Gasteiger partial charge in [-0.3, -0.25) is 4.68 Å². The molecule has 0 aromatic carbocycles. The molecule has 2 heterocycles. The summed E-state index contributed by atoms with van der Waals surface area (Å²) in [5.41, 5.74) is 1.80. The van der Waals surface area contributed by atoms with Crippen LogP contribution in [0.15, 0.2) is 0 Å². The van der Waals surface area contributed by atoms with Gasteiger partial charge in [0, 0.05) is 20.2 Å². The van der Waals surface area contributed by atoms with Crippen LogP contribution in [0.25, 0.3) is 11.0 Å². The largest absolute Gasteiger partial charge is 0.377 e. The Labute approximate surface area is 119 Å². The molecule has 0 saturated carbocycles. The number of aromatic nitrogens is 4. The van der Waals surface area contributed by atoms with Crippen LogP contribution in [0.2, 0.25) is 0 Å². The molecule has 0 fully saturated rings. The lowest BCUT2D eigenvalue weighted by atomic mass is 10.3. The van der Waals surface area contributed by atoms with Crippen molar-refractivity contribution in [2.24, 2.45) is 7.05 Å². The van der Waals surface area contributed by atoms with E-state index in [0.29, 0.717) is 0 Å². The van der Waals surface area contributed by atoms with E-state index in [4.69, 9.17) is 4.74 Å². The minimum atomic E-state index is 0.150. The van der Waals surface area contributed by atoms with Gasteiger partial charge in [-0.15, -0.1) is 0 Å². The monoisotopic (exact) mass is 277 g/mol. The molecule has 110 valence electrons. The zero-order valence-electron chi connectivity index (χ0n) is 12.9. The number of nitrogens with one attached hydrogen (secondary N) is 1. The summed E-state index contributed by atoms with van der Waals surface area (Å²) in [7, 11) is 1.90. The van der Waals surface area contributed by atoms with Gasteiger partial charge in [-0.2, -0.15) is 5.10 Å². The third-order valence-corrected chi connectivity index (χ3v) is 3.13. The van der Waals surface area contributed by atoms with Crippen molar-refractivity contribution in [1.82, 2.24) is 19.7 Å². The summed E-state index contributed by atoms with van der Waals surface area (Å²) in [6.07, 6.45) is 1.18. The lowest BCUT2D eigenvalue weighted by molar-refractivity contribution is 0.0752. The van der Waals surface area contributed by atoms with E-state index < -0.39 is 0 Å². The van der Waals surface area contributed by atoms with E-state index in [9.17, 15) is 0 Å². The fourth-order valence-corrected chi connectivity index (χ4v) is 2.19. The van der Waals surface area contributed by atoms with Crippen molar-refractivity contribution in [3.05, 3.63) is 11.5 Å². The summed E-state index contributed by atoms with van der Waals surface area (Å²) >= 11 is 0. The van der Waals surface area contributed by atoms with Gasteiger partial charge in [0.05, 0.1) is 17.2 Å². The molecule has 6 nitrogen and oxygen atoms in total. The number of anilines is 1. The summed E-state index contributed by atoms with van der Waals surface area (Å²) in [6, 6.07) is 0. The molecule has 0 aliphatic rings. The first-order valence-electron chi connectivity index (χ1n) is 7.06. The van der Waals surface area contributed by atoms with Gasteiger partial charge in [-0.25, -0.2) is 9.97 Å². The van der Waals surface area contributed by atoms with E-state index in [1.807, 2.05) is 20.9 Å². The highest BCUT2D eigenvalue weighted by Gasteiger charge is 2.14. The molecule has 0 radical (unpaired) electrons. The smallest absolute Gasteiger partial charge is 0.163 e. The van der Waals surface area contributed by atoms with E-state index in [0.717, 1.165) is 47.9 Å². The first-order chi connectivity index (χ1) is 9.52. The summed E-state index contributed by atoms with van der Waals surface area (Å²) < 4.78 is 7.46. The summed E-state index contributed by atoms with van der Waals surface area (Å²) in [5, 5.41) is 8.76. The van der Waals surface area contributed by atoms with Crippen molar-refractivity contribution in [3.63, 3.8) is 0 Å². The molecule has 2 aromatic rings. The second-order valence-electron chi connectivity index (χ2n) is 5.09. The van der Waals surface area contributed by atoms with Gasteiger partial charge in [-0.1, -0.05) is 6.92 Å². The summed E-state index contributed by atoms with van der Waals surface area (Å²) in [5.74, 6) is 1.58. The maximum atomic E-state index is 5.66. The molecule has 0 aliphatic carbocycles. The first-order valence-corrected chi connectivity index (χ1v) is 7.06. The van der Waals surface area contributed by atoms with Gasteiger partial charge in [0.2, 0.25) is 0 Å². The van der Waals surface area contributed by atoms with Gasteiger partial charge >= 0.3 is 0 Å². The predicted octanol–water partition coefficient (Wildman–Crippen LogP) is 2.21. The van der Waals surface area contributed by atoms with Gasteiger partial charge < -0.3 is 10.1 Å². The van der Waals surface area contributed by atoms with Crippen molar-refractivity contribution in [2.45, 2.75) is 40.2 Å². The predicted molar refractivity (Wildman–Crippen MR) is 80.0 cm³/mol. The Morgan fingerprint density at radius 1 is 1.30 bits per heavy atom. The van der Waals surface area contributed by atoms with Crippen LogP contribution < -0.4 is 5.32 Å². The van der Waals surface area contributed by atoms with E-state index in [1.54, 1.807) is 4.68 Å². The minimum absolute atomic E-state index is 0.150. The Hall–Kier alpha value is -1.69. The topological polar surface area (TPSA) is 64.9 Å². The van der Waals surface area contributed by atoms with Gasteiger partial charge in [0.1, 0.15) is 11.6 Å². The van der Waals surface area contributed by atoms with Gasteiger partial charge in [0.15, 0.2) is 5.65 Å². The normalized spacial score (nSPS) is 12.8. The Balaban J connectivity index is 2.21. The molecule has 0 aliphatic heterocycles. The van der Waals surface area contributed by atoms with Crippen LogP contribution >= 0.6 is 0 Å². The van der Waals surface area contributed by atoms with E-state index in [-0.39, 0.29) is 6.10 Å². The van der Waals surface area contributed by atoms with Gasteiger partial charge in [-0.05, 0) is 27.2 Å². The van der Waals surface area contributed by atoms with E-state index in [2.05, 4.69) is 34.2 Å². The maximum Gasteiger partial charge on any atom is 0.163 e. The molecular formula is C14H23N5O. The number of hydrogen-bond acceptors (Lipinski definition) is 5. The molecule has 2 aromatic heterocycles. The SMILES string of the molecule is CCCOC(C)CNc1nc(C)nc2c1c(C)nn2C. The summed E-state index contributed by atoms with van der Waals surface area (Å²) in [6.45, 7) is 9.54. The van der Waals surface area contributed by atoms with Crippen LogP contribution in [0.4, 0.5) is 5.82 Å². The molecule has 1 N–H and O–H groups in total. The molecule has 1 unspecified atom stereocenters. The average molecular weight is 277 g/mol. The molecule has 0 bridgehead atoms. The zero-order valence-corrected chi connectivity index (χ0v) is 12.9. The van der Waals surface area contributed by atoms with Crippen LogP contribution in [0.5, 0.6) is 0 Å². The highest BCUT2D eigenvalue weighted by atomic mass is 16.5. The van der Waals surface area contributed by atoms with Gasteiger partial charge in [0.25, 0.3) is 0 Å². The van der Waals surface area contributed by atoms with Crippen molar-refractivity contribution in [3.8, 4) is 0 Å². The first kappa shape index (κ1) is 14.7. The van der Waals surface area contributed by atoms with Crippen LogP contribution in [0.1, 0.15) is 31.8 Å². The molecule has 20 heavy (non-hydrogen) atoms. The lowest BCUT2D eigenvalue weighted by Crippen LogP contribution is -2.21. The molecule has 0 amide bonds. The number of aryl methyl sites for hydroxylation is 3. The number of hydrogen-bond donors (Lipinski definition) is 1. The minimum Gasteiger partial charge on any atom is -0.377 e. The second kappa shape index (κ2) is 6.17. The standard InChI is InChI=1S/C14H23N5O/c1-6-7-20-9(2)8-15-13-12-10(3)18-19(5)14(12)17-11(4)16-13/h9H,6-8H2,1-5H3,(H,15,16,17). The van der Waals surface area contributed by atoms with Crippen molar-refractivity contribution >= 4 is 16.9 Å². The fourth-order valence-electron chi connectivity index (χ4n) is 2.19. The van der Waals surface area contributed by atoms with Crippen molar-refractivity contribution < 1.29 is 4.74 Å². The Bertz CT molecular complexity index is 593. The third-order valence-electron chi connectivity index (χ3n) is 3.13. The highest BCUT2D eigenvalue weighted by Crippen LogP contribution is 2.23. The second-order valence-corrected chi connectivity index (χ2v) is 5.09. The molecule has 0 saturated heterocycles. The van der Waals surface area contributed by atoms with Crippen LogP contribution in [-0.2, 0) is 11.8 Å². The number of nitrogens with zero attached hydrogens (tertiary/aromatic N) is 4. The lowest BCUT2D eigenvalue weighted by Gasteiger charge is -2.14. The number of fused-ring (bicyclic) bond motifs is 1. The molecule has 0 spiro atoms. The molecular weight excluding hydrogens is 254 g/mol. The number of rotatable bonds is 6. The average Bonchev–Trinajstić information content (AvgIpc) is 2.68. The number of ether oxygens (including phenoxy) is 1. The Morgan fingerprint density at radius 2 is 2.05 bits per heavy atom. The van der Waals surface area contributed by atoms with Crippen LogP contribution in [-0.4, -0.2) is 39.0 Å². The summed E-state index contributed by atoms with van der Waals surface area (Å²) in [4.78, 5) is 8.95. The van der Waals surface area contributed by atoms with E-state index in [1.165, 1.54) is 0 Å². The maximum absolute atomic E-state index is 5.66. The molecule has 6 heteroatoms. The van der Waals surface area contributed by atoms with Crippen LogP contribution in [0.3, 0.4) is 0 Å². The fraction of sp³-hybridized carbons (Fsp3) is 0.643.